The first-order chi connectivity index (χ1) is 15.1. The maximum Gasteiger partial charge on any atom is 0.350 e. The van der Waals surface area contributed by atoms with Crippen LogP contribution in [0.3, 0.4) is 0 Å². The van der Waals surface area contributed by atoms with Crippen LogP contribution in [-0.4, -0.2) is 64.3 Å². The van der Waals surface area contributed by atoms with Gasteiger partial charge in [-0.3, -0.25) is 0 Å². The molecule has 0 fully saturated rings. The van der Waals surface area contributed by atoms with E-state index in [9.17, 15) is 34.8 Å². The van der Waals surface area contributed by atoms with Gasteiger partial charge in [-0.05, 0) is 41.5 Å². The Morgan fingerprint density at radius 1 is 1.06 bits per heavy atom. The van der Waals surface area contributed by atoms with Crippen molar-refractivity contribution in [3.63, 3.8) is 0 Å². The Morgan fingerprint density at radius 2 is 1.72 bits per heavy atom. The number of carboxylic acid groups (broad SMARTS) is 1. The Hall–Kier alpha value is -4.05. The summed E-state index contributed by atoms with van der Waals surface area (Å²) in [5.41, 5.74) is -2.16. The van der Waals surface area contributed by atoms with Gasteiger partial charge >= 0.3 is 17.9 Å². The van der Waals surface area contributed by atoms with Gasteiger partial charge in [0.15, 0.2) is 11.5 Å². The van der Waals surface area contributed by atoms with Crippen molar-refractivity contribution in [3.8, 4) is 17.2 Å². The van der Waals surface area contributed by atoms with E-state index in [1.54, 1.807) is 0 Å². The van der Waals surface area contributed by atoms with Crippen LogP contribution in [0.15, 0.2) is 48.5 Å². The van der Waals surface area contributed by atoms with E-state index < -0.39 is 36.0 Å². The number of phenolic OH excluding ortho intramolecular Hbond substituents is 2. The molecule has 0 aromatic heterocycles. The number of phenols is 2. The molecule has 2 aromatic carbocycles. The standard InChI is InChI=1S/C22H22O10/c1-30-17-11-13(5-9-16(17)24)6-10-18(25)32-19(20(26)31-2)22(29,21(27)28)12-14-3-7-15(23)8-4-14/h3-11,19,23-24,29H,12H2,1-2H3,(H,27,28). The third kappa shape index (κ3) is 5.76. The number of benzene rings is 2. The minimum atomic E-state index is -2.85. The maximum absolute atomic E-state index is 12.3. The first kappa shape index (κ1) is 24.2. The minimum absolute atomic E-state index is 0.0837. The molecule has 4 N–H and O–H groups in total. The van der Waals surface area contributed by atoms with E-state index in [4.69, 9.17) is 9.47 Å². The topological polar surface area (TPSA) is 160 Å². The van der Waals surface area contributed by atoms with Crippen LogP contribution in [0.25, 0.3) is 6.08 Å². The molecular formula is C22H22O10. The maximum atomic E-state index is 12.3. The van der Waals surface area contributed by atoms with E-state index in [-0.39, 0.29) is 22.8 Å². The van der Waals surface area contributed by atoms with Crippen LogP contribution in [-0.2, 0) is 30.3 Å². The molecule has 170 valence electrons. The van der Waals surface area contributed by atoms with E-state index in [2.05, 4.69) is 4.74 Å². The highest BCUT2D eigenvalue weighted by molar-refractivity contribution is 5.93. The van der Waals surface area contributed by atoms with Gasteiger partial charge in [-0.1, -0.05) is 18.2 Å². The Kier molecular flexibility index (Phi) is 7.81. The average Bonchev–Trinajstić information content (AvgIpc) is 2.77. The zero-order valence-corrected chi connectivity index (χ0v) is 17.2. The molecule has 0 heterocycles. The fourth-order valence-electron chi connectivity index (χ4n) is 2.77. The predicted octanol–water partition coefficient (Wildman–Crippen LogP) is 1.26. The summed E-state index contributed by atoms with van der Waals surface area (Å²) in [4.78, 5) is 36.4. The number of methoxy groups -OCH3 is 2. The molecule has 0 saturated heterocycles. The molecule has 0 spiro atoms. The fraction of sp³-hybridized carbons (Fsp3) is 0.227. The van der Waals surface area contributed by atoms with Gasteiger partial charge in [-0.2, -0.15) is 0 Å². The molecule has 10 nitrogen and oxygen atoms in total. The predicted molar refractivity (Wildman–Crippen MR) is 110 cm³/mol. The number of esters is 2. The van der Waals surface area contributed by atoms with Crippen LogP contribution < -0.4 is 4.74 Å². The summed E-state index contributed by atoms with van der Waals surface area (Å²) in [7, 11) is 2.29. The number of carbonyl (C=O) groups is 3. The summed E-state index contributed by atoms with van der Waals surface area (Å²) >= 11 is 0. The lowest BCUT2D eigenvalue weighted by molar-refractivity contribution is -0.193. The number of aromatic hydroxyl groups is 2. The molecule has 0 radical (unpaired) electrons. The molecule has 2 aromatic rings. The Bertz CT molecular complexity index is 1010. The quantitative estimate of drug-likeness (QED) is 0.326. The van der Waals surface area contributed by atoms with Crippen LogP contribution in [0, 0.1) is 0 Å². The Morgan fingerprint density at radius 3 is 2.28 bits per heavy atom. The monoisotopic (exact) mass is 446 g/mol. The smallest absolute Gasteiger partial charge is 0.350 e. The summed E-state index contributed by atoms with van der Waals surface area (Å²) in [6.45, 7) is 0. The minimum Gasteiger partial charge on any atom is -0.508 e. The summed E-state index contributed by atoms with van der Waals surface area (Å²) in [6.07, 6.45) is -0.623. The van der Waals surface area contributed by atoms with Gasteiger partial charge in [-0.25, -0.2) is 14.4 Å². The zero-order chi connectivity index (χ0) is 23.9. The molecule has 0 aliphatic carbocycles. The summed E-state index contributed by atoms with van der Waals surface area (Å²) < 4.78 is 14.5. The highest BCUT2D eigenvalue weighted by Gasteiger charge is 2.51. The molecule has 32 heavy (non-hydrogen) atoms. The van der Waals surface area contributed by atoms with Gasteiger partial charge < -0.3 is 34.6 Å². The van der Waals surface area contributed by atoms with Gasteiger partial charge in [0.25, 0.3) is 0 Å². The lowest BCUT2D eigenvalue weighted by atomic mass is 9.88. The largest absolute Gasteiger partial charge is 0.508 e. The van der Waals surface area contributed by atoms with E-state index in [1.807, 2.05) is 0 Å². The van der Waals surface area contributed by atoms with Crippen molar-refractivity contribution < 1.29 is 49.0 Å². The molecule has 2 unspecified atom stereocenters. The van der Waals surface area contributed by atoms with E-state index in [0.717, 1.165) is 13.2 Å². The second-order valence-corrected chi connectivity index (χ2v) is 6.68. The van der Waals surface area contributed by atoms with Crippen molar-refractivity contribution in [3.05, 3.63) is 59.7 Å². The van der Waals surface area contributed by atoms with Gasteiger partial charge in [0.1, 0.15) is 5.75 Å². The lowest BCUT2D eigenvalue weighted by Crippen LogP contribution is -2.57. The highest BCUT2D eigenvalue weighted by atomic mass is 16.6. The number of ether oxygens (including phenoxy) is 3. The van der Waals surface area contributed by atoms with Crippen molar-refractivity contribution in [1.29, 1.82) is 0 Å². The number of rotatable bonds is 9. The molecule has 0 aliphatic rings. The normalized spacial score (nSPS) is 13.7. The number of carbonyl (C=O) groups excluding carboxylic acids is 2. The summed E-state index contributed by atoms with van der Waals surface area (Å²) in [6, 6.07) is 9.46. The molecular weight excluding hydrogens is 424 g/mol. The van der Waals surface area contributed by atoms with Crippen molar-refractivity contribution in [2.24, 2.45) is 0 Å². The van der Waals surface area contributed by atoms with Crippen molar-refractivity contribution >= 4 is 24.0 Å². The second-order valence-electron chi connectivity index (χ2n) is 6.68. The Labute approximate surface area is 182 Å². The Balaban J connectivity index is 2.28. The highest BCUT2D eigenvalue weighted by Crippen LogP contribution is 2.27. The van der Waals surface area contributed by atoms with Crippen LogP contribution >= 0.6 is 0 Å². The number of carboxylic acids is 1. The van der Waals surface area contributed by atoms with Crippen LogP contribution in [0.5, 0.6) is 17.2 Å². The van der Waals surface area contributed by atoms with Gasteiger partial charge in [0, 0.05) is 12.5 Å². The number of aliphatic carboxylic acids is 1. The number of aliphatic hydroxyl groups is 1. The summed E-state index contributed by atoms with van der Waals surface area (Å²) in [5, 5.41) is 39.4. The third-order valence-corrected chi connectivity index (χ3v) is 4.48. The van der Waals surface area contributed by atoms with Crippen molar-refractivity contribution in [2.75, 3.05) is 14.2 Å². The fourth-order valence-corrected chi connectivity index (χ4v) is 2.77. The third-order valence-electron chi connectivity index (χ3n) is 4.48. The van der Waals surface area contributed by atoms with Crippen LogP contribution in [0.4, 0.5) is 0 Å². The zero-order valence-electron chi connectivity index (χ0n) is 17.2. The van der Waals surface area contributed by atoms with Crippen molar-refractivity contribution in [2.45, 2.75) is 18.1 Å². The number of hydrogen-bond acceptors (Lipinski definition) is 9. The van der Waals surface area contributed by atoms with E-state index >= 15 is 0 Å². The molecule has 10 heteroatoms. The molecule has 0 saturated carbocycles. The first-order valence-corrected chi connectivity index (χ1v) is 9.18. The van der Waals surface area contributed by atoms with Gasteiger partial charge in [0.05, 0.1) is 14.2 Å². The molecule has 0 amide bonds. The molecule has 0 aliphatic heterocycles. The van der Waals surface area contributed by atoms with E-state index in [1.165, 1.54) is 55.7 Å². The van der Waals surface area contributed by atoms with Crippen LogP contribution in [0.1, 0.15) is 11.1 Å². The van der Waals surface area contributed by atoms with Crippen LogP contribution in [0.2, 0.25) is 0 Å². The SMILES string of the molecule is COC(=O)C(OC(=O)C=Cc1ccc(O)c(OC)c1)C(O)(Cc1ccc(O)cc1)C(=O)O. The average molecular weight is 446 g/mol. The lowest BCUT2D eigenvalue weighted by Gasteiger charge is -2.29. The summed E-state index contributed by atoms with van der Waals surface area (Å²) in [5.74, 6) is -4.26. The number of hydrogen-bond donors (Lipinski definition) is 4. The first-order valence-electron chi connectivity index (χ1n) is 9.18. The van der Waals surface area contributed by atoms with Crippen molar-refractivity contribution in [1.82, 2.24) is 0 Å². The van der Waals surface area contributed by atoms with E-state index in [0.29, 0.717) is 5.56 Å². The van der Waals surface area contributed by atoms with Gasteiger partial charge in [0.2, 0.25) is 11.7 Å². The molecule has 2 rings (SSSR count). The van der Waals surface area contributed by atoms with Gasteiger partial charge in [-0.15, -0.1) is 0 Å². The molecule has 2 atom stereocenters. The molecule has 0 bridgehead atoms. The second kappa shape index (κ2) is 10.3.